The van der Waals surface area contributed by atoms with Gasteiger partial charge in [0.15, 0.2) is 0 Å². The average molecular weight is 198 g/mol. The lowest BCUT2D eigenvalue weighted by Gasteiger charge is -2.07. The van der Waals surface area contributed by atoms with E-state index in [1.807, 2.05) is 13.8 Å². The number of hydrogen-bond donors (Lipinski definition) is 5. The quantitative estimate of drug-likeness (QED) is 0.280. The van der Waals surface area contributed by atoms with Gasteiger partial charge in [-0.1, -0.05) is 0 Å². The zero-order valence-electron chi connectivity index (χ0n) is 8.07. The Labute approximate surface area is 80.1 Å². The molecule has 14 heavy (non-hydrogen) atoms. The van der Waals surface area contributed by atoms with Crippen molar-refractivity contribution < 1.29 is 0 Å². The van der Waals surface area contributed by atoms with Gasteiger partial charge in [0.05, 0.1) is 0 Å². The maximum Gasteiger partial charge on any atom is 0.249 e. The van der Waals surface area contributed by atoms with Crippen molar-refractivity contribution in [3.8, 4) is 0 Å². The van der Waals surface area contributed by atoms with E-state index in [0.717, 1.165) is 0 Å². The molecule has 0 bridgehead atoms. The van der Waals surface area contributed by atoms with E-state index in [1.165, 1.54) is 0 Å². The summed E-state index contributed by atoms with van der Waals surface area (Å²) in [7, 11) is 0. The third-order valence-corrected chi connectivity index (χ3v) is 1.36. The molecule has 1 heterocycles. The molecule has 0 aliphatic rings. The van der Waals surface area contributed by atoms with Gasteiger partial charge in [0.2, 0.25) is 17.2 Å². The molecule has 78 valence electrons. The van der Waals surface area contributed by atoms with Crippen LogP contribution in [0.2, 0.25) is 0 Å². The van der Waals surface area contributed by atoms with E-state index in [1.54, 1.807) is 0 Å². The van der Waals surface area contributed by atoms with Gasteiger partial charge in [0, 0.05) is 6.04 Å². The third kappa shape index (κ3) is 2.51. The highest BCUT2D eigenvalue weighted by Crippen LogP contribution is 1.91. The molecular formula is C6H14N8. The molecule has 0 unspecified atom stereocenters. The van der Waals surface area contributed by atoms with Crippen LogP contribution < -0.4 is 28.2 Å². The number of rotatable bonds is 2. The number of aromatic amines is 2. The Balaban J connectivity index is 3.19. The average Bonchev–Trinajstić information content (AvgIpc) is 2.16. The van der Waals surface area contributed by atoms with Crippen LogP contribution in [0.15, 0.2) is 10.2 Å². The van der Waals surface area contributed by atoms with E-state index < -0.39 is 0 Å². The number of aromatic nitrogens is 3. The molecule has 0 aliphatic carbocycles. The summed E-state index contributed by atoms with van der Waals surface area (Å²) in [5, 5.41) is 9.88. The van der Waals surface area contributed by atoms with E-state index >= 15 is 0 Å². The first-order valence-corrected chi connectivity index (χ1v) is 4.10. The Morgan fingerprint density at radius 1 is 1.29 bits per heavy atom. The lowest BCUT2D eigenvalue weighted by molar-refractivity contribution is 0.801. The fourth-order valence-electron chi connectivity index (χ4n) is 0.879. The lowest BCUT2D eigenvalue weighted by Crippen LogP contribution is -2.31. The van der Waals surface area contributed by atoms with Gasteiger partial charge >= 0.3 is 0 Å². The van der Waals surface area contributed by atoms with Crippen LogP contribution in [0.4, 0.5) is 5.95 Å². The number of nitrogens with one attached hydrogen (secondary N) is 3. The standard InChI is InChI=1S/C6H14N8/c1-3(2)9-4-10-5(13-7)12-6(11-4)14-8/h3H,7-8H2,1-2H3,(H3,9,10,11,12,13,14). The molecule has 0 aromatic carbocycles. The van der Waals surface area contributed by atoms with Crippen LogP contribution in [0, 0.1) is 0 Å². The van der Waals surface area contributed by atoms with Crippen molar-refractivity contribution in [2.45, 2.75) is 19.9 Å². The first-order chi connectivity index (χ1) is 6.65. The monoisotopic (exact) mass is 198 g/mol. The number of H-pyrrole nitrogens is 2. The van der Waals surface area contributed by atoms with E-state index in [4.69, 9.17) is 11.7 Å². The normalized spacial score (nSPS) is 13.6. The van der Waals surface area contributed by atoms with Gasteiger partial charge in [-0.25, -0.2) is 0 Å². The molecular weight excluding hydrogens is 184 g/mol. The predicted octanol–water partition coefficient (Wildman–Crippen LogP) is -1.89. The van der Waals surface area contributed by atoms with Gasteiger partial charge in [-0.05, 0) is 13.8 Å². The highest BCUT2D eigenvalue weighted by molar-refractivity contribution is 5.21. The maximum absolute atomic E-state index is 5.10. The molecule has 0 saturated heterocycles. The first kappa shape index (κ1) is 10.1. The highest BCUT2D eigenvalue weighted by Gasteiger charge is 1.97. The summed E-state index contributed by atoms with van der Waals surface area (Å²) in [5.74, 6) is 10.7. The second-order valence-corrected chi connectivity index (χ2v) is 2.94. The Kier molecular flexibility index (Phi) is 3.10. The second kappa shape index (κ2) is 4.30. The van der Waals surface area contributed by atoms with Crippen molar-refractivity contribution in [2.75, 3.05) is 5.32 Å². The Morgan fingerprint density at radius 3 is 2.50 bits per heavy atom. The zero-order valence-corrected chi connectivity index (χ0v) is 8.07. The number of hydrogen-bond acceptors (Lipinski definition) is 6. The van der Waals surface area contributed by atoms with Gasteiger partial charge in [-0.2, -0.15) is 4.98 Å². The number of nitrogens with zero attached hydrogens (tertiary/aromatic N) is 3. The summed E-state index contributed by atoms with van der Waals surface area (Å²) >= 11 is 0. The number of nitrogens with two attached hydrogens (primary N) is 2. The van der Waals surface area contributed by atoms with E-state index in [9.17, 15) is 0 Å². The van der Waals surface area contributed by atoms with Crippen molar-refractivity contribution in [1.82, 2.24) is 15.0 Å². The molecule has 1 aromatic rings. The molecule has 8 heteroatoms. The van der Waals surface area contributed by atoms with Crippen LogP contribution in [0.1, 0.15) is 13.8 Å². The van der Waals surface area contributed by atoms with Crippen molar-refractivity contribution in [3.05, 3.63) is 11.2 Å². The largest absolute Gasteiger partial charge is 0.353 e. The van der Waals surface area contributed by atoms with Gasteiger partial charge in [-0.3, -0.25) is 9.97 Å². The van der Waals surface area contributed by atoms with Gasteiger partial charge in [-0.15, -0.1) is 10.2 Å². The van der Waals surface area contributed by atoms with Crippen LogP contribution in [0.3, 0.4) is 0 Å². The van der Waals surface area contributed by atoms with Crippen LogP contribution in [0.5, 0.6) is 0 Å². The first-order valence-electron chi connectivity index (χ1n) is 4.10. The van der Waals surface area contributed by atoms with Crippen molar-refractivity contribution in [3.63, 3.8) is 0 Å². The summed E-state index contributed by atoms with van der Waals surface area (Å²) in [6.07, 6.45) is 0. The fourth-order valence-corrected chi connectivity index (χ4v) is 0.879. The summed E-state index contributed by atoms with van der Waals surface area (Å²) in [5.41, 5.74) is 0.587. The SMILES string of the molecule is CC(C)Nc1n/c(=N\N)[nH]/c(=N\N)[nH]1. The van der Waals surface area contributed by atoms with Crippen molar-refractivity contribution in [2.24, 2.45) is 21.9 Å². The van der Waals surface area contributed by atoms with Crippen LogP contribution >= 0.6 is 0 Å². The predicted molar refractivity (Wildman–Crippen MR) is 51.2 cm³/mol. The summed E-state index contributed by atoms with van der Waals surface area (Å²) in [6.45, 7) is 3.95. The lowest BCUT2D eigenvalue weighted by atomic mass is 10.4. The zero-order chi connectivity index (χ0) is 10.6. The van der Waals surface area contributed by atoms with Gasteiger partial charge in [0.25, 0.3) is 0 Å². The van der Waals surface area contributed by atoms with E-state index in [2.05, 4.69) is 30.5 Å². The molecule has 0 radical (unpaired) electrons. The minimum atomic E-state index is 0.234. The van der Waals surface area contributed by atoms with Crippen LogP contribution in [0.25, 0.3) is 0 Å². The van der Waals surface area contributed by atoms with E-state index in [0.29, 0.717) is 11.6 Å². The van der Waals surface area contributed by atoms with Gasteiger partial charge < -0.3 is 17.0 Å². The maximum atomic E-state index is 5.10. The third-order valence-electron chi connectivity index (χ3n) is 1.36. The Bertz CT molecular complexity index is 378. The van der Waals surface area contributed by atoms with E-state index in [-0.39, 0.29) is 11.7 Å². The summed E-state index contributed by atoms with van der Waals surface area (Å²) < 4.78 is 0. The minimum absolute atomic E-state index is 0.234. The molecule has 0 saturated carbocycles. The topological polar surface area (TPSA) is 133 Å². The Morgan fingerprint density at radius 2 is 2.00 bits per heavy atom. The molecule has 1 rings (SSSR count). The number of anilines is 1. The summed E-state index contributed by atoms with van der Waals surface area (Å²) in [6, 6.07) is 0.234. The second-order valence-electron chi connectivity index (χ2n) is 2.94. The van der Waals surface area contributed by atoms with Crippen LogP contribution in [-0.2, 0) is 0 Å². The molecule has 0 aliphatic heterocycles. The fraction of sp³-hybridized carbons (Fsp3) is 0.500. The molecule has 0 fully saturated rings. The molecule has 0 atom stereocenters. The Hall–Kier alpha value is -1.99. The molecule has 0 spiro atoms. The molecule has 8 nitrogen and oxygen atoms in total. The molecule has 7 N–H and O–H groups in total. The molecule has 1 aromatic heterocycles. The summed E-state index contributed by atoms with van der Waals surface area (Å²) in [4.78, 5) is 9.49. The van der Waals surface area contributed by atoms with Crippen LogP contribution in [-0.4, -0.2) is 21.0 Å². The smallest absolute Gasteiger partial charge is 0.249 e. The molecule has 0 amide bonds. The minimum Gasteiger partial charge on any atom is -0.353 e. The van der Waals surface area contributed by atoms with Gasteiger partial charge in [0.1, 0.15) is 0 Å². The van der Waals surface area contributed by atoms with Crippen molar-refractivity contribution >= 4 is 5.95 Å². The highest BCUT2D eigenvalue weighted by atomic mass is 15.3. The van der Waals surface area contributed by atoms with Crippen molar-refractivity contribution in [1.29, 1.82) is 0 Å².